The fraction of sp³-hybridized carbons (Fsp3) is 1.00. The Kier molecular flexibility index (Phi) is 15.3. The Morgan fingerprint density at radius 2 is 1.24 bits per heavy atom. The minimum absolute atomic E-state index is 0.0754. The normalized spacial score (nSPS) is 11.1. The van der Waals surface area contributed by atoms with E-state index in [4.69, 9.17) is 3.32 Å². The first kappa shape index (κ1) is 17.7. The first-order valence-electron chi connectivity index (χ1n) is 7.66. The van der Waals surface area contributed by atoms with Crippen molar-refractivity contribution in [3.05, 3.63) is 0 Å². The molecular weight excluding hydrogens is 244 g/mol. The van der Waals surface area contributed by atoms with Crippen molar-refractivity contribution in [1.82, 2.24) is 0 Å². The van der Waals surface area contributed by atoms with Crippen molar-refractivity contribution >= 4 is 0 Å². The molecule has 2 heteroatoms. The van der Waals surface area contributed by atoms with Gasteiger partial charge in [-0.2, -0.15) is 0 Å². The van der Waals surface area contributed by atoms with Crippen LogP contribution in [0.15, 0.2) is 0 Å². The van der Waals surface area contributed by atoms with Crippen molar-refractivity contribution < 1.29 is 22.9 Å². The van der Waals surface area contributed by atoms with Crippen LogP contribution >= 0.6 is 0 Å². The Balaban J connectivity index is 2.89. The number of rotatable bonds is 13. The third kappa shape index (κ3) is 16.7. The van der Waals surface area contributed by atoms with Crippen molar-refractivity contribution in [2.24, 2.45) is 0 Å². The second kappa shape index (κ2) is 14.7. The zero-order chi connectivity index (χ0) is 12.8. The molecule has 0 amide bonds. The van der Waals surface area contributed by atoms with Gasteiger partial charge < -0.3 is 0 Å². The monoisotopic (exact) mass is 276 g/mol. The van der Waals surface area contributed by atoms with Crippen molar-refractivity contribution in [3.8, 4) is 0 Å². The fourth-order valence-corrected chi connectivity index (χ4v) is 3.23. The van der Waals surface area contributed by atoms with E-state index in [1.165, 1.54) is 68.9 Å². The van der Waals surface area contributed by atoms with E-state index < -0.39 is 0 Å². The summed E-state index contributed by atoms with van der Waals surface area (Å²) in [5, 5.41) is 0. The maximum absolute atomic E-state index is 5.65. The predicted octanol–water partition coefficient (Wildman–Crippen LogP) is 5.75. The summed E-state index contributed by atoms with van der Waals surface area (Å²) in [5.41, 5.74) is 0. The maximum atomic E-state index is 5.65. The van der Waals surface area contributed by atoms with E-state index in [-0.39, 0.29) is 19.5 Å². The molecule has 0 heterocycles. The number of hydrogen-bond donors (Lipinski definition) is 0. The first-order chi connectivity index (χ1) is 8.27. The van der Waals surface area contributed by atoms with E-state index in [1.54, 1.807) is 0 Å². The van der Waals surface area contributed by atoms with Gasteiger partial charge in [0, 0.05) is 0 Å². The average molecular weight is 276 g/mol. The van der Waals surface area contributed by atoms with Crippen LogP contribution in [0.5, 0.6) is 0 Å². The summed E-state index contributed by atoms with van der Waals surface area (Å²) >= 11 is -0.0754. The molecule has 0 aromatic heterocycles. The molecule has 0 fully saturated rings. The van der Waals surface area contributed by atoms with Crippen LogP contribution in [0.25, 0.3) is 0 Å². The second-order valence-corrected chi connectivity index (χ2v) is 6.84. The van der Waals surface area contributed by atoms with Crippen LogP contribution in [0.1, 0.15) is 85.0 Å². The van der Waals surface area contributed by atoms with Crippen LogP contribution < -0.4 is 0 Å². The third-order valence-electron chi connectivity index (χ3n) is 2.95. The Labute approximate surface area is 118 Å². The Bertz CT molecular complexity index is 137. The summed E-state index contributed by atoms with van der Waals surface area (Å²) in [6, 6.07) is 0. The molecule has 0 aromatic carbocycles. The van der Waals surface area contributed by atoms with Crippen LogP contribution in [0.4, 0.5) is 0 Å². The van der Waals surface area contributed by atoms with Gasteiger partial charge in [0.05, 0.1) is 0 Å². The molecule has 0 saturated heterocycles. The Morgan fingerprint density at radius 1 is 0.765 bits per heavy atom. The molecule has 0 aliphatic heterocycles. The van der Waals surface area contributed by atoms with Crippen molar-refractivity contribution in [1.29, 1.82) is 0 Å². The van der Waals surface area contributed by atoms with Gasteiger partial charge in [-0.25, -0.2) is 0 Å². The van der Waals surface area contributed by atoms with Crippen molar-refractivity contribution in [2.45, 2.75) is 95.8 Å². The van der Waals surface area contributed by atoms with E-state index in [0.29, 0.717) is 6.10 Å². The van der Waals surface area contributed by atoms with Crippen molar-refractivity contribution in [2.75, 3.05) is 0 Å². The van der Waals surface area contributed by atoms with E-state index in [1.807, 2.05) is 0 Å². The second-order valence-electron chi connectivity index (χ2n) is 5.24. The zero-order valence-electron chi connectivity index (χ0n) is 12.3. The van der Waals surface area contributed by atoms with Gasteiger partial charge in [-0.05, 0) is 0 Å². The summed E-state index contributed by atoms with van der Waals surface area (Å²) in [6.07, 6.45) is 14.8. The van der Waals surface area contributed by atoms with Gasteiger partial charge in [-0.3, -0.25) is 0 Å². The molecule has 0 aromatic rings. The molecule has 0 saturated carbocycles. The van der Waals surface area contributed by atoms with Gasteiger partial charge in [0.2, 0.25) is 0 Å². The molecule has 0 N–H and O–H groups in total. The van der Waals surface area contributed by atoms with E-state index in [9.17, 15) is 0 Å². The summed E-state index contributed by atoms with van der Waals surface area (Å²) in [7, 11) is 0. The molecule has 1 nitrogen and oxygen atoms in total. The summed E-state index contributed by atoms with van der Waals surface area (Å²) in [5.74, 6) is 0. The van der Waals surface area contributed by atoms with Crippen molar-refractivity contribution in [3.63, 3.8) is 0 Å². The Morgan fingerprint density at radius 3 is 1.71 bits per heavy atom. The quantitative estimate of drug-likeness (QED) is 0.307. The third-order valence-corrected chi connectivity index (χ3v) is 4.82. The van der Waals surface area contributed by atoms with E-state index >= 15 is 0 Å². The summed E-state index contributed by atoms with van der Waals surface area (Å²) in [6.45, 7) is 6.57. The van der Waals surface area contributed by atoms with Gasteiger partial charge in [0.15, 0.2) is 0 Å². The van der Waals surface area contributed by atoms with Crippen LogP contribution in [-0.4, -0.2) is 6.10 Å². The molecule has 0 rings (SSSR count). The zero-order valence-corrected chi connectivity index (χ0v) is 13.8. The molecule has 0 radical (unpaired) electrons. The molecule has 0 aliphatic carbocycles. The van der Waals surface area contributed by atoms with Crippen LogP contribution in [0.2, 0.25) is 4.73 Å². The van der Waals surface area contributed by atoms with Crippen LogP contribution in [0, 0.1) is 0 Å². The molecule has 0 atom stereocenters. The first-order valence-corrected chi connectivity index (χ1v) is 9.40. The number of unbranched alkanes of at least 4 members (excludes halogenated alkanes) is 9. The summed E-state index contributed by atoms with van der Waals surface area (Å²) < 4.78 is 7.02. The molecule has 17 heavy (non-hydrogen) atoms. The van der Waals surface area contributed by atoms with E-state index in [0.717, 1.165) is 0 Å². The summed E-state index contributed by atoms with van der Waals surface area (Å²) in [4.78, 5) is 0. The van der Waals surface area contributed by atoms with Crippen LogP contribution in [0.3, 0.4) is 0 Å². The fourth-order valence-electron chi connectivity index (χ4n) is 1.91. The van der Waals surface area contributed by atoms with Gasteiger partial charge in [0.1, 0.15) is 0 Å². The Hall–Kier alpha value is 0.674. The minimum atomic E-state index is -0.0754. The molecule has 0 bridgehead atoms. The molecule has 0 unspecified atom stereocenters. The van der Waals surface area contributed by atoms with Gasteiger partial charge >= 0.3 is 119 Å². The molecule has 0 aliphatic rings. The van der Waals surface area contributed by atoms with E-state index in [2.05, 4.69) is 20.8 Å². The predicted molar refractivity (Wildman–Crippen MR) is 72.9 cm³/mol. The van der Waals surface area contributed by atoms with Gasteiger partial charge in [0.25, 0.3) is 0 Å². The topological polar surface area (TPSA) is 9.23 Å². The average Bonchev–Trinajstić information content (AvgIpc) is 2.30. The number of hydrogen-bond acceptors (Lipinski definition) is 1. The standard InChI is InChI=1S/C12H25.C3H7O.Ti/c1-3-5-7-9-11-12-10-8-6-4-2;1-3(2)4;/h1,3-12H2,2H3;3H,1-2H3;/q;-1;+1. The SMILES string of the molecule is CCCCCCCCCCC[CH2][Ti][O]C(C)C. The molecule has 0 spiro atoms. The van der Waals surface area contributed by atoms with Gasteiger partial charge in [-0.15, -0.1) is 0 Å². The van der Waals surface area contributed by atoms with Gasteiger partial charge in [-0.1, -0.05) is 0 Å². The molecule has 102 valence electrons. The van der Waals surface area contributed by atoms with Crippen LogP contribution in [-0.2, 0) is 22.9 Å². The molecular formula is C15H32OTi.